The summed E-state index contributed by atoms with van der Waals surface area (Å²) in [6, 6.07) is -0.949. The zero-order chi connectivity index (χ0) is 59.9. The Labute approximate surface area is 497 Å². The van der Waals surface area contributed by atoms with Gasteiger partial charge in [-0.15, -0.1) is 0 Å². The molecule has 0 fully saturated rings. The Morgan fingerprint density at radius 3 is 0.602 bits per heavy atom. The van der Waals surface area contributed by atoms with Crippen molar-refractivity contribution in [2.75, 3.05) is 323 Å². The summed E-state index contributed by atoms with van der Waals surface area (Å²) in [6.07, 6.45) is 0. The summed E-state index contributed by atoms with van der Waals surface area (Å²) in [5.41, 5.74) is 5.45. The van der Waals surface area contributed by atoms with Crippen LogP contribution in [0.2, 0.25) is 0 Å². The molecule has 1 unspecified atom stereocenters. The number of carboxylic acid groups (broad SMARTS) is 1. The van der Waals surface area contributed by atoms with Gasteiger partial charge >= 0.3 is 11.9 Å². The molecular formula is C54H107NO27S. The third kappa shape index (κ3) is 71.0. The number of hydrogen-bond donors (Lipinski definition) is 2. The van der Waals surface area contributed by atoms with Crippen molar-refractivity contribution < 1.29 is 128 Å². The smallest absolute Gasteiger partial charge is 0.321 e. The first kappa shape index (κ1) is 81.3. The first-order chi connectivity index (χ1) is 41.0. The molecule has 83 heavy (non-hydrogen) atoms. The Balaban J connectivity index is 3.13. The number of thioether (sulfide) groups is 1. The molecule has 0 aliphatic carbocycles. The number of methoxy groups -OCH3 is 1. The molecule has 28 nitrogen and oxygen atoms in total. The topological polar surface area (TPSA) is 302 Å². The minimum Gasteiger partial charge on any atom is -0.480 e. The quantitative estimate of drug-likeness (QED) is 0.0612. The van der Waals surface area contributed by atoms with E-state index in [0.717, 1.165) is 0 Å². The highest BCUT2D eigenvalue weighted by Gasteiger charge is 2.17. The lowest BCUT2D eigenvalue weighted by Gasteiger charge is -2.12. The molecule has 0 saturated carbocycles. The highest BCUT2D eigenvalue weighted by molar-refractivity contribution is 7.99. The first-order valence-corrected chi connectivity index (χ1v) is 30.1. The lowest BCUT2D eigenvalue weighted by Crippen LogP contribution is -2.33. The number of nitrogens with two attached hydrogens (primary N) is 1. The van der Waals surface area contributed by atoms with E-state index in [0.29, 0.717) is 296 Å². The summed E-state index contributed by atoms with van der Waals surface area (Å²) in [4.78, 5) is 22.7. The summed E-state index contributed by atoms with van der Waals surface area (Å²) >= 11 is 1.30. The molecule has 0 radical (unpaired) electrons. The van der Waals surface area contributed by atoms with Crippen LogP contribution in [0.25, 0.3) is 0 Å². The standard InChI is InChI=1S/C54H107NO27S/c1-51(49-83-50-52(55)53(56)57)54(58)82-48-47-81-46-45-80-44-43-79-42-41-78-40-39-77-38-37-76-36-35-75-34-33-74-32-31-73-30-29-72-28-27-71-26-25-70-24-23-69-22-21-68-20-19-67-18-17-66-16-15-65-14-13-64-12-11-63-10-9-62-8-7-61-6-5-60-4-3-59-2/h51-52H,3-50,55H2,1-2H3,(H,56,57)/t51?,52-/m0/s1. The van der Waals surface area contributed by atoms with Crippen LogP contribution in [0.15, 0.2) is 0 Å². The molecule has 0 spiro atoms. The van der Waals surface area contributed by atoms with E-state index in [4.69, 9.17) is 125 Å². The first-order valence-electron chi connectivity index (χ1n) is 28.9. The lowest BCUT2D eigenvalue weighted by molar-refractivity contribution is -0.148. The Morgan fingerprint density at radius 1 is 0.289 bits per heavy atom. The van der Waals surface area contributed by atoms with Crippen molar-refractivity contribution in [3.63, 3.8) is 0 Å². The van der Waals surface area contributed by atoms with Gasteiger partial charge in [0.2, 0.25) is 0 Å². The average molecular weight is 1230 g/mol. The van der Waals surface area contributed by atoms with E-state index in [1.807, 2.05) is 0 Å². The summed E-state index contributed by atoms with van der Waals surface area (Å²) in [5, 5.41) is 8.79. The molecule has 3 N–H and O–H groups in total. The molecule has 0 aliphatic rings. The van der Waals surface area contributed by atoms with Crippen LogP contribution in [0.3, 0.4) is 0 Å². The van der Waals surface area contributed by atoms with Gasteiger partial charge in [-0.2, -0.15) is 11.8 Å². The number of rotatable bonds is 75. The van der Waals surface area contributed by atoms with Crippen molar-refractivity contribution in [2.24, 2.45) is 11.7 Å². The Hall–Kier alpha value is -1.67. The van der Waals surface area contributed by atoms with Crippen LogP contribution in [0.5, 0.6) is 0 Å². The van der Waals surface area contributed by atoms with Crippen molar-refractivity contribution in [3.8, 4) is 0 Å². The fourth-order valence-corrected chi connectivity index (χ4v) is 6.74. The predicted octanol–water partition coefficient (Wildman–Crippen LogP) is 0.322. The number of aliphatic carboxylic acids is 1. The van der Waals surface area contributed by atoms with Crippen LogP contribution in [0.4, 0.5) is 0 Å². The molecule has 0 heterocycles. The van der Waals surface area contributed by atoms with Gasteiger partial charge in [-0.3, -0.25) is 9.59 Å². The van der Waals surface area contributed by atoms with Gasteiger partial charge in [0, 0.05) is 18.6 Å². The van der Waals surface area contributed by atoms with Crippen LogP contribution in [0.1, 0.15) is 6.92 Å². The number of esters is 1. The Kier molecular flexibility index (Phi) is 71.3. The monoisotopic (exact) mass is 1230 g/mol. The van der Waals surface area contributed by atoms with Crippen LogP contribution in [-0.4, -0.2) is 346 Å². The van der Waals surface area contributed by atoms with Gasteiger partial charge in [-0.05, 0) is 0 Å². The molecule has 0 aromatic carbocycles. The third-order valence-electron chi connectivity index (χ3n) is 10.1. The molecule has 0 aromatic heterocycles. The average Bonchev–Trinajstić information content (AvgIpc) is 3.49. The van der Waals surface area contributed by atoms with Gasteiger partial charge < -0.3 is 125 Å². The number of carbonyl (C=O) groups is 2. The molecule has 0 bridgehead atoms. The molecule has 0 aliphatic heterocycles. The molecule has 0 aromatic rings. The maximum atomic E-state index is 12.0. The largest absolute Gasteiger partial charge is 0.480 e. The third-order valence-corrected chi connectivity index (χ3v) is 11.4. The second-order valence-electron chi connectivity index (χ2n) is 17.0. The summed E-state index contributed by atoms with van der Waals surface area (Å²) in [6.45, 7) is 23.3. The molecule has 0 saturated heterocycles. The molecule has 0 amide bonds. The predicted molar refractivity (Wildman–Crippen MR) is 303 cm³/mol. The summed E-state index contributed by atoms with van der Waals surface area (Å²) < 4.78 is 131. The van der Waals surface area contributed by atoms with Gasteiger partial charge in [0.15, 0.2) is 0 Å². The van der Waals surface area contributed by atoms with E-state index in [-0.39, 0.29) is 30.9 Å². The lowest BCUT2D eigenvalue weighted by atomic mass is 10.2. The van der Waals surface area contributed by atoms with Crippen LogP contribution in [-0.2, 0) is 123 Å². The van der Waals surface area contributed by atoms with E-state index in [2.05, 4.69) is 0 Å². The van der Waals surface area contributed by atoms with Crippen LogP contribution < -0.4 is 5.73 Å². The van der Waals surface area contributed by atoms with Gasteiger partial charge in [0.05, 0.1) is 303 Å². The normalized spacial score (nSPS) is 12.4. The number of carbonyl (C=O) groups excluding carboxylic acids is 1. The second-order valence-corrected chi connectivity index (χ2v) is 18.1. The molecule has 2 atom stereocenters. The summed E-state index contributed by atoms with van der Waals surface area (Å²) in [7, 11) is 1.64. The maximum Gasteiger partial charge on any atom is 0.321 e. The highest BCUT2D eigenvalue weighted by atomic mass is 32.2. The van der Waals surface area contributed by atoms with E-state index in [1.54, 1.807) is 14.0 Å². The van der Waals surface area contributed by atoms with Crippen molar-refractivity contribution in [1.29, 1.82) is 0 Å². The molecule has 29 heteroatoms. The van der Waals surface area contributed by atoms with Gasteiger partial charge in [-0.1, -0.05) is 6.92 Å². The van der Waals surface area contributed by atoms with Crippen LogP contribution in [0, 0.1) is 5.92 Å². The van der Waals surface area contributed by atoms with Gasteiger partial charge in [0.25, 0.3) is 0 Å². The van der Waals surface area contributed by atoms with E-state index in [1.165, 1.54) is 11.8 Å². The van der Waals surface area contributed by atoms with Crippen molar-refractivity contribution >= 4 is 23.7 Å². The Morgan fingerprint density at radius 2 is 0.446 bits per heavy atom. The highest BCUT2D eigenvalue weighted by Crippen LogP contribution is 2.11. The summed E-state index contributed by atoms with van der Waals surface area (Å²) in [5.74, 6) is -1.13. The van der Waals surface area contributed by atoms with Gasteiger partial charge in [0.1, 0.15) is 12.6 Å². The number of ether oxygens (including phenoxy) is 24. The second kappa shape index (κ2) is 72.8. The minimum absolute atomic E-state index is 0.132. The van der Waals surface area contributed by atoms with Crippen molar-refractivity contribution in [3.05, 3.63) is 0 Å². The SMILES string of the molecule is COCCOCCOCCOCCOCCOCCOCCOCCOCCOCCOCCOCCOCCOCCOCCOCCOCCOCCOCCOCCOCCOCCOCCOC(=O)C(C)CSC[C@H](N)C(=O)O. The van der Waals surface area contributed by atoms with Gasteiger partial charge in [-0.25, -0.2) is 0 Å². The molecule has 496 valence electrons. The number of carboxylic acids is 1. The number of hydrogen-bond acceptors (Lipinski definition) is 28. The van der Waals surface area contributed by atoms with E-state index in [9.17, 15) is 9.59 Å². The zero-order valence-electron chi connectivity index (χ0n) is 50.1. The van der Waals surface area contributed by atoms with Crippen molar-refractivity contribution in [1.82, 2.24) is 0 Å². The van der Waals surface area contributed by atoms with Crippen LogP contribution >= 0.6 is 11.8 Å². The fourth-order valence-electron chi connectivity index (χ4n) is 5.72. The fraction of sp³-hybridized carbons (Fsp3) is 0.963. The van der Waals surface area contributed by atoms with E-state index >= 15 is 0 Å². The molecular weight excluding hydrogens is 1130 g/mol. The van der Waals surface area contributed by atoms with Crippen molar-refractivity contribution in [2.45, 2.75) is 13.0 Å². The molecule has 0 rings (SSSR count). The zero-order valence-corrected chi connectivity index (χ0v) is 51.0. The Bertz CT molecular complexity index is 1270. The minimum atomic E-state index is -1.06. The van der Waals surface area contributed by atoms with E-state index < -0.39 is 12.0 Å². The maximum absolute atomic E-state index is 12.0.